The van der Waals surface area contributed by atoms with Crippen LogP contribution in [0.3, 0.4) is 0 Å². The van der Waals surface area contributed by atoms with E-state index in [1.807, 2.05) is 0 Å². The van der Waals surface area contributed by atoms with Gasteiger partial charge in [-0.3, -0.25) is 0 Å². The first kappa shape index (κ1) is 8.45. The smallest absolute Gasteiger partial charge is 0.308 e. The third kappa shape index (κ3) is 1.89. The van der Waals surface area contributed by atoms with Crippen molar-refractivity contribution in [3.63, 3.8) is 0 Å². The molecule has 0 saturated carbocycles. The summed E-state index contributed by atoms with van der Waals surface area (Å²) in [6, 6.07) is 0. The summed E-state index contributed by atoms with van der Waals surface area (Å²) >= 11 is 2.76. The Labute approximate surface area is 69.2 Å². The predicted octanol–water partition coefficient (Wildman–Crippen LogP) is 1.78. The van der Waals surface area contributed by atoms with Crippen molar-refractivity contribution in [1.82, 2.24) is 10.9 Å². The zero-order valence-corrected chi connectivity index (χ0v) is 6.75. The lowest BCUT2D eigenvalue weighted by Gasteiger charge is -2.15. The Morgan fingerprint density at radius 1 is 1.18 bits per heavy atom. The maximum Gasteiger partial charge on any atom is 0.419 e. The molecule has 1 heterocycles. The van der Waals surface area contributed by atoms with Gasteiger partial charge in [-0.05, 0) is 15.9 Å². The van der Waals surface area contributed by atoms with Gasteiger partial charge in [0.25, 0.3) is 0 Å². The zero-order valence-electron chi connectivity index (χ0n) is 5.17. The van der Waals surface area contributed by atoms with Crippen molar-refractivity contribution < 1.29 is 13.2 Å². The normalized spacial score (nSPS) is 17.8. The van der Waals surface area contributed by atoms with Gasteiger partial charge in [0.2, 0.25) is 0 Å². The molecule has 0 fully saturated rings. The minimum atomic E-state index is -4.32. The second-order valence-corrected chi connectivity index (χ2v) is 2.69. The van der Waals surface area contributed by atoms with Crippen LogP contribution in [0.15, 0.2) is 22.5 Å². The van der Waals surface area contributed by atoms with E-state index < -0.39 is 11.7 Å². The average molecular weight is 229 g/mol. The molecule has 62 valence electrons. The lowest BCUT2D eigenvalue weighted by atomic mass is 10.2. The minimum Gasteiger partial charge on any atom is -0.308 e. The molecule has 0 radical (unpaired) electrons. The SMILES string of the molecule is FC(F)(F)C1=CNNC=C1Br. The molecule has 0 saturated heterocycles. The highest BCUT2D eigenvalue weighted by atomic mass is 79.9. The summed E-state index contributed by atoms with van der Waals surface area (Å²) in [7, 11) is 0. The first-order valence-electron chi connectivity index (χ1n) is 2.66. The van der Waals surface area contributed by atoms with Crippen molar-refractivity contribution in [2.45, 2.75) is 6.18 Å². The minimum absolute atomic E-state index is 0.0104. The van der Waals surface area contributed by atoms with Gasteiger partial charge in [0.15, 0.2) is 0 Å². The molecule has 1 rings (SSSR count). The molecule has 0 spiro atoms. The van der Waals surface area contributed by atoms with Gasteiger partial charge in [-0.25, -0.2) is 0 Å². The molecule has 0 bridgehead atoms. The molecule has 0 aliphatic carbocycles. The first-order valence-corrected chi connectivity index (χ1v) is 3.45. The maximum absolute atomic E-state index is 12.0. The third-order valence-electron chi connectivity index (χ3n) is 1.06. The van der Waals surface area contributed by atoms with Crippen LogP contribution in [0.25, 0.3) is 0 Å². The Morgan fingerprint density at radius 3 is 2.09 bits per heavy atom. The summed E-state index contributed by atoms with van der Waals surface area (Å²) in [5.41, 5.74) is 3.91. The van der Waals surface area contributed by atoms with E-state index in [9.17, 15) is 13.2 Å². The van der Waals surface area contributed by atoms with E-state index in [-0.39, 0.29) is 4.48 Å². The number of hydrogen-bond donors (Lipinski definition) is 2. The summed E-state index contributed by atoms with van der Waals surface area (Å²) in [4.78, 5) is 0. The Bertz CT molecular complexity index is 218. The van der Waals surface area contributed by atoms with Gasteiger partial charge in [-0.2, -0.15) is 13.2 Å². The van der Waals surface area contributed by atoms with Crippen LogP contribution in [0.5, 0.6) is 0 Å². The lowest BCUT2D eigenvalue weighted by molar-refractivity contribution is -0.0891. The average Bonchev–Trinajstić information content (AvgIpc) is 1.86. The number of hydrazine groups is 1. The number of rotatable bonds is 0. The molecule has 2 nitrogen and oxygen atoms in total. The molecule has 0 atom stereocenters. The second kappa shape index (κ2) is 2.77. The van der Waals surface area contributed by atoms with Crippen molar-refractivity contribution in [2.24, 2.45) is 0 Å². The topological polar surface area (TPSA) is 24.1 Å². The molecule has 0 aromatic rings. The predicted molar refractivity (Wildman–Crippen MR) is 37.4 cm³/mol. The number of allylic oxidation sites excluding steroid dienone is 2. The molecule has 0 aromatic carbocycles. The Kier molecular flexibility index (Phi) is 2.12. The van der Waals surface area contributed by atoms with Gasteiger partial charge in [0.05, 0.1) is 5.57 Å². The summed E-state index contributed by atoms with van der Waals surface area (Å²) in [6.07, 6.45) is -2.28. The zero-order chi connectivity index (χ0) is 8.48. The van der Waals surface area contributed by atoms with E-state index in [1.54, 1.807) is 0 Å². The maximum atomic E-state index is 12.0. The van der Waals surface area contributed by atoms with Gasteiger partial charge in [0, 0.05) is 16.9 Å². The van der Waals surface area contributed by atoms with Gasteiger partial charge in [-0.15, -0.1) is 0 Å². The van der Waals surface area contributed by atoms with Gasteiger partial charge >= 0.3 is 6.18 Å². The molecular formula is C5H4BrF3N2. The molecule has 1 aliphatic rings. The van der Waals surface area contributed by atoms with Crippen LogP contribution in [0, 0.1) is 0 Å². The first-order chi connectivity index (χ1) is 5.02. The highest BCUT2D eigenvalue weighted by molar-refractivity contribution is 9.12. The van der Waals surface area contributed by atoms with Crippen LogP contribution in [0.2, 0.25) is 0 Å². The summed E-state index contributed by atoms with van der Waals surface area (Å²) in [5.74, 6) is 0. The van der Waals surface area contributed by atoms with Gasteiger partial charge in [0.1, 0.15) is 0 Å². The molecule has 0 amide bonds. The van der Waals surface area contributed by atoms with Crippen LogP contribution in [0.1, 0.15) is 0 Å². The summed E-state index contributed by atoms with van der Waals surface area (Å²) in [5, 5.41) is 0. The van der Waals surface area contributed by atoms with Crippen LogP contribution in [-0.4, -0.2) is 6.18 Å². The van der Waals surface area contributed by atoms with E-state index in [0.717, 1.165) is 6.20 Å². The molecule has 0 unspecified atom stereocenters. The fraction of sp³-hybridized carbons (Fsp3) is 0.200. The van der Waals surface area contributed by atoms with Crippen LogP contribution < -0.4 is 10.9 Å². The fourth-order valence-electron chi connectivity index (χ4n) is 0.583. The van der Waals surface area contributed by atoms with Crippen LogP contribution in [0.4, 0.5) is 13.2 Å². The third-order valence-corrected chi connectivity index (χ3v) is 1.72. The highest BCUT2D eigenvalue weighted by Gasteiger charge is 2.36. The number of alkyl halides is 3. The number of halogens is 4. The Hall–Kier alpha value is -0.650. The van der Waals surface area contributed by atoms with E-state index in [1.165, 1.54) is 6.20 Å². The molecular weight excluding hydrogens is 225 g/mol. The van der Waals surface area contributed by atoms with Crippen LogP contribution in [-0.2, 0) is 0 Å². The van der Waals surface area contributed by atoms with Crippen molar-refractivity contribution in [3.05, 3.63) is 22.5 Å². The standard InChI is InChI=1S/C5H4BrF3N2/c6-4-2-11-10-1-3(4)5(7,8)9/h1-2,10-11H. The quantitative estimate of drug-likeness (QED) is 0.661. The highest BCUT2D eigenvalue weighted by Crippen LogP contribution is 2.33. The summed E-state index contributed by atoms with van der Waals surface area (Å²) < 4.78 is 35.9. The second-order valence-electron chi connectivity index (χ2n) is 1.84. The van der Waals surface area contributed by atoms with Crippen molar-refractivity contribution in [3.8, 4) is 0 Å². The lowest BCUT2D eigenvalue weighted by Crippen LogP contribution is -2.28. The Balaban J connectivity index is 2.87. The monoisotopic (exact) mass is 228 g/mol. The van der Waals surface area contributed by atoms with Crippen LogP contribution >= 0.6 is 15.9 Å². The van der Waals surface area contributed by atoms with E-state index in [4.69, 9.17) is 0 Å². The van der Waals surface area contributed by atoms with Gasteiger partial charge < -0.3 is 10.9 Å². The largest absolute Gasteiger partial charge is 0.419 e. The molecule has 0 aromatic heterocycles. The molecule has 2 N–H and O–H groups in total. The van der Waals surface area contributed by atoms with E-state index >= 15 is 0 Å². The number of nitrogens with one attached hydrogen (secondary N) is 2. The molecule has 1 aliphatic heterocycles. The Morgan fingerprint density at radius 2 is 1.73 bits per heavy atom. The molecule has 6 heteroatoms. The van der Waals surface area contributed by atoms with E-state index in [2.05, 4.69) is 26.8 Å². The fourth-order valence-corrected chi connectivity index (χ4v) is 1.04. The van der Waals surface area contributed by atoms with Crippen molar-refractivity contribution in [1.29, 1.82) is 0 Å². The molecule has 11 heavy (non-hydrogen) atoms. The van der Waals surface area contributed by atoms with Gasteiger partial charge in [-0.1, -0.05) is 0 Å². The van der Waals surface area contributed by atoms with Crippen molar-refractivity contribution >= 4 is 15.9 Å². The number of hydrogen-bond acceptors (Lipinski definition) is 2. The summed E-state index contributed by atoms with van der Waals surface area (Å²) in [6.45, 7) is 0. The van der Waals surface area contributed by atoms with Crippen molar-refractivity contribution in [2.75, 3.05) is 0 Å². The van der Waals surface area contributed by atoms with E-state index in [0.29, 0.717) is 0 Å².